The molecule has 0 amide bonds. The molecule has 130 valence electrons. The maximum absolute atomic E-state index is 11.2. The zero-order valence-corrected chi connectivity index (χ0v) is 14.8. The number of aromatic amines is 1. The second kappa shape index (κ2) is 7.07. The van der Waals surface area contributed by atoms with Crippen molar-refractivity contribution in [1.29, 1.82) is 0 Å². The van der Waals surface area contributed by atoms with E-state index in [1.807, 2.05) is 18.2 Å². The fourth-order valence-electron chi connectivity index (χ4n) is 3.61. The van der Waals surface area contributed by atoms with Crippen molar-refractivity contribution in [3.63, 3.8) is 0 Å². The van der Waals surface area contributed by atoms with Crippen molar-refractivity contribution in [2.24, 2.45) is 0 Å². The Balaban J connectivity index is 2.23. The van der Waals surface area contributed by atoms with E-state index in [1.54, 1.807) is 18.2 Å². The molecule has 5 heteroatoms. The largest absolute Gasteiger partial charge is 0.358 e. The third-order valence-electron chi connectivity index (χ3n) is 4.79. The van der Waals surface area contributed by atoms with E-state index in [9.17, 15) is 10.1 Å². The van der Waals surface area contributed by atoms with Gasteiger partial charge in [0.05, 0.1) is 11.0 Å². The number of aryl methyl sites for hydroxylation is 1. The smallest absolute Gasteiger partial charge is 0.269 e. The number of non-ortho nitro benzene ring substituents is 1. The van der Waals surface area contributed by atoms with Crippen LogP contribution in [0.3, 0.4) is 0 Å². The van der Waals surface area contributed by atoms with Crippen LogP contribution in [0.15, 0.2) is 48.5 Å². The minimum Gasteiger partial charge on any atom is -0.358 e. The average Bonchev–Trinajstić information content (AvgIpc) is 2.95. The van der Waals surface area contributed by atoms with Crippen LogP contribution in [0, 0.1) is 17.0 Å². The Kier molecular flexibility index (Phi) is 4.86. The fraction of sp³-hybridized carbons (Fsp3) is 0.300. The van der Waals surface area contributed by atoms with Crippen LogP contribution in [0.1, 0.15) is 36.7 Å². The molecule has 0 spiro atoms. The number of rotatable bonds is 6. The number of para-hydroxylation sites is 1. The molecule has 2 aromatic carbocycles. The standard InChI is InChI=1S/C20H23N3O2/c1-4-22(5-2)20(15-9-8-10-16(13-15)23(24)25)19-14(3)21-18-12-7-6-11-17(18)19/h6-13,20-21H,4-5H2,1-3H3. The summed E-state index contributed by atoms with van der Waals surface area (Å²) < 4.78 is 0. The summed E-state index contributed by atoms with van der Waals surface area (Å²) in [4.78, 5) is 16.7. The monoisotopic (exact) mass is 337 g/mol. The van der Waals surface area contributed by atoms with Gasteiger partial charge in [-0.3, -0.25) is 15.0 Å². The first kappa shape index (κ1) is 17.2. The Labute approximate surface area is 147 Å². The highest BCUT2D eigenvalue weighted by Gasteiger charge is 2.26. The van der Waals surface area contributed by atoms with Gasteiger partial charge in [-0.25, -0.2) is 0 Å². The first-order chi connectivity index (χ1) is 12.1. The predicted octanol–water partition coefficient (Wildman–Crippen LogP) is 4.82. The Hall–Kier alpha value is -2.66. The van der Waals surface area contributed by atoms with Crippen molar-refractivity contribution in [3.8, 4) is 0 Å². The van der Waals surface area contributed by atoms with Gasteiger partial charge < -0.3 is 4.98 Å². The summed E-state index contributed by atoms with van der Waals surface area (Å²) in [6.07, 6.45) is 0. The van der Waals surface area contributed by atoms with Gasteiger partial charge in [0.2, 0.25) is 0 Å². The number of H-pyrrole nitrogens is 1. The Morgan fingerprint density at radius 2 is 1.84 bits per heavy atom. The predicted molar refractivity (Wildman–Crippen MR) is 101 cm³/mol. The summed E-state index contributed by atoms with van der Waals surface area (Å²) in [7, 11) is 0. The molecule has 1 atom stereocenters. The van der Waals surface area contributed by atoms with Crippen LogP contribution >= 0.6 is 0 Å². The number of benzene rings is 2. The van der Waals surface area contributed by atoms with Gasteiger partial charge in [-0.15, -0.1) is 0 Å². The Bertz CT molecular complexity index is 897. The molecule has 1 aromatic heterocycles. The van der Waals surface area contributed by atoms with E-state index in [0.29, 0.717) is 0 Å². The maximum atomic E-state index is 11.2. The van der Waals surface area contributed by atoms with Gasteiger partial charge in [-0.2, -0.15) is 0 Å². The molecular weight excluding hydrogens is 314 g/mol. The number of nitrogens with one attached hydrogen (secondary N) is 1. The molecule has 25 heavy (non-hydrogen) atoms. The molecule has 1 unspecified atom stereocenters. The third-order valence-corrected chi connectivity index (χ3v) is 4.79. The van der Waals surface area contributed by atoms with Gasteiger partial charge in [-0.05, 0) is 31.6 Å². The van der Waals surface area contributed by atoms with Crippen molar-refractivity contribution in [1.82, 2.24) is 9.88 Å². The van der Waals surface area contributed by atoms with E-state index in [2.05, 4.69) is 42.8 Å². The second-order valence-electron chi connectivity index (χ2n) is 6.19. The summed E-state index contributed by atoms with van der Waals surface area (Å²) in [5, 5.41) is 12.4. The lowest BCUT2D eigenvalue weighted by molar-refractivity contribution is -0.384. The van der Waals surface area contributed by atoms with E-state index >= 15 is 0 Å². The van der Waals surface area contributed by atoms with Crippen LogP contribution in [-0.4, -0.2) is 27.9 Å². The first-order valence-corrected chi connectivity index (χ1v) is 8.62. The van der Waals surface area contributed by atoms with E-state index in [0.717, 1.165) is 29.9 Å². The van der Waals surface area contributed by atoms with Crippen LogP contribution in [0.4, 0.5) is 5.69 Å². The zero-order valence-electron chi connectivity index (χ0n) is 14.8. The van der Waals surface area contributed by atoms with E-state index in [4.69, 9.17) is 0 Å². The normalized spacial score (nSPS) is 12.6. The lowest BCUT2D eigenvalue weighted by Gasteiger charge is -2.30. The fourth-order valence-corrected chi connectivity index (χ4v) is 3.61. The highest BCUT2D eigenvalue weighted by atomic mass is 16.6. The van der Waals surface area contributed by atoms with Crippen LogP contribution in [0.2, 0.25) is 0 Å². The third kappa shape index (κ3) is 3.15. The van der Waals surface area contributed by atoms with Crippen molar-refractivity contribution in [3.05, 3.63) is 75.5 Å². The number of nitrogens with zero attached hydrogens (tertiary/aromatic N) is 2. The molecular formula is C20H23N3O2. The molecule has 0 aliphatic rings. The summed E-state index contributed by atoms with van der Waals surface area (Å²) in [5.74, 6) is 0. The maximum Gasteiger partial charge on any atom is 0.269 e. The van der Waals surface area contributed by atoms with Crippen LogP contribution in [-0.2, 0) is 0 Å². The lowest BCUT2D eigenvalue weighted by Crippen LogP contribution is -2.29. The molecule has 0 aliphatic carbocycles. The van der Waals surface area contributed by atoms with Gasteiger partial charge in [0.15, 0.2) is 0 Å². The van der Waals surface area contributed by atoms with E-state index in [1.165, 1.54) is 10.9 Å². The minimum absolute atomic E-state index is 0.0222. The van der Waals surface area contributed by atoms with Gasteiger partial charge >= 0.3 is 0 Å². The SMILES string of the molecule is CCN(CC)C(c1cccc([N+](=O)[O-])c1)c1c(C)[nH]c2ccccc12. The molecule has 0 bridgehead atoms. The minimum atomic E-state index is -0.328. The van der Waals surface area contributed by atoms with Gasteiger partial charge in [0.25, 0.3) is 5.69 Å². The molecule has 5 nitrogen and oxygen atoms in total. The molecule has 0 fully saturated rings. The summed E-state index contributed by atoms with van der Waals surface area (Å²) in [6.45, 7) is 8.05. The number of aromatic nitrogens is 1. The zero-order chi connectivity index (χ0) is 18.0. The van der Waals surface area contributed by atoms with Crippen molar-refractivity contribution in [2.45, 2.75) is 26.8 Å². The number of fused-ring (bicyclic) bond motifs is 1. The van der Waals surface area contributed by atoms with E-state index < -0.39 is 0 Å². The summed E-state index contributed by atoms with van der Waals surface area (Å²) >= 11 is 0. The van der Waals surface area contributed by atoms with Crippen molar-refractivity contribution in [2.75, 3.05) is 13.1 Å². The highest BCUT2D eigenvalue weighted by molar-refractivity contribution is 5.85. The molecule has 0 saturated heterocycles. The number of nitro benzene ring substituents is 1. The first-order valence-electron chi connectivity index (χ1n) is 8.62. The van der Waals surface area contributed by atoms with Gasteiger partial charge in [0, 0.05) is 34.3 Å². The summed E-state index contributed by atoms with van der Waals surface area (Å²) in [6, 6.07) is 15.2. The Morgan fingerprint density at radius 3 is 2.52 bits per heavy atom. The highest BCUT2D eigenvalue weighted by Crippen LogP contribution is 2.36. The molecule has 1 N–H and O–H groups in total. The second-order valence-corrected chi connectivity index (χ2v) is 6.19. The molecule has 3 aromatic rings. The number of hydrogen-bond acceptors (Lipinski definition) is 3. The molecule has 3 rings (SSSR count). The van der Waals surface area contributed by atoms with Gasteiger partial charge in [0.1, 0.15) is 0 Å². The summed E-state index contributed by atoms with van der Waals surface area (Å²) in [5.41, 5.74) is 4.47. The van der Waals surface area contributed by atoms with Crippen LogP contribution < -0.4 is 0 Å². The Morgan fingerprint density at radius 1 is 1.12 bits per heavy atom. The van der Waals surface area contributed by atoms with E-state index in [-0.39, 0.29) is 16.7 Å². The van der Waals surface area contributed by atoms with Crippen molar-refractivity contribution >= 4 is 16.6 Å². The van der Waals surface area contributed by atoms with Crippen LogP contribution in [0.5, 0.6) is 0 Å². The van der Waals surface area contributed by atoms with Crippen molar-refractivity contribution < 1.29 is 4.92 Å². The quantitative estimate of drug-likeness (QED) is 0.518. The lowest BCUT2D eigenvalue weighted by atomic mass is 9.94. The number of nitro groups is 1. The van der Waals surface area contributed by atoms with Crippen LogP contribution in [0.25, 0.3) is 10.9 Å². The molecule has 0 radical (unpaired) electrons. The molecule has 0 saturated carbocycles. The van der Waals surface area contributed by atoms with Gasteiger partial charge in [-0.1, -0.05) is 44.2 Å². The molecule has 0 aliphatic heterocycles. The molecule has 1 heterocycles. The average molecular weight is 337 g/mol. The topological polar surface area (TPSA) is 62.2 Å². The number of hydrogen-bond donors (Lipinski definition) is 1.